The third-order valence-electron chi connectivity index (χ3n) is 4.94. The number of rotatable bonds is 7. The molecule has 0 aliphatic rings. The molecule has 0 atom stereocenters. The highest BCUT2D eigenvalue weighted by atomic mass is 16.5. The second kappa shape index (κ2) is 10.3. The zero-order valence-electron chi connectivity index (χ0n) is 18.3. The number of hydrogen-bond donors (Lipinski definition) is 1. The fraction of sp³-hybridized carbons (Fsp3) is 0.0769. The van der Waals surface area contributed by atoms with Crippen molar-refractivity contribution in [3.63, 3.8) is 0 Å². The molecule has 4 aromatic rings. The molecule has 4 rings (SSSR count). The zero-order chi connectivity index (χ0) is 23.9. The molecule has 0 fully saturated rings. The summed E-state index contributed by atoms with van der Waals surface area (Å²) in [5.41, 5.74) is 2.32. The molecule has 0 aliphatic heterocycles. The third kappa shape index (κ3) is 5.18. The van der Waals surface area contributed by atoms with E-state index in [1.54, 1.807) is 72.6 Å². The average Bonchev–Trinajstić information content (AvgIpc) is 3.34. The van der Waals surface area contributed by atoms with Crippen molar-refractivity contribution in [3.05, 3.63) is 102 Å². The first kappa shape index (κ1) is 22.5. The van der Waals surface area contributed by atoms with E-state index < -0.39 is 24.4 Å². The lowest BCUT2D eigenvalue weighted by atomic mass is 10.1. The second-order valence-electron chi connectivity index (χ2n) is 7.22. The molecule has 1 N–H and O–H groups in total. The molecule has 0 radical (unpaired) electrons. The Hall–Kier alpha value is -4.72. The number of amides is 2. The van der Waals surface area contributed by atoms with Gasteiger partial charge in [0.2, 0.25) is 0 Å². The van der Waals surface area contributed by atoms with Crippen molar-refractivity contribution in [2.45, 2.75) is 0 Å². The number of imide groups is 1. The SMILES string of the molecule is COc1ccc(-c2nn(-c3ccccc3)cc2C(=O)OCC(=O)NC(=O)c2ccccc2)cc1. The van der Waals surface area contributed by atoms with Gasteiger partial charge < -0.3 is 9.47 Å². The molecule has 0 saturated carbocycles. The van der Waals surface area contributed by atoms with E-state index in [-0.39, 0.29) is 5.56 Å². The largest absolute Gasteiger partial charge is 0.497 e. The monoisotopic (exact) mass is 455 g/mol. The summed E-state index contributed by atoms with van der Waals surface area (Å²) in [7, 11) is 1.56. The number of esters is 1. The first-order valence-corrected chi connectivity index (χ1v) is 10.4. The molecule has 0 bridgehead atoms. The van der Waals surface area contributed by atoms with E-state index in [4.69, 9.17) is 9.47 Å². The molecule has 0 unspecified atom stereocenters. The molecular weight excluding hydrogens is 434 g/mol. The Labute approximate surface area is 195 Å². The van der Waals surface area contributed by atoms with E-state index in [9.17, 15) is 14.4 Å². The number of hydrogen-bond acceptors (Lipinski definition) is 6. The van der Waals surface area contributed by atoms with Gasteiger partial charge in [-0.15, -0.1) is 0 Å². The molecule has 8 heteroatoms. The standard InChI is InChI=1S/C26H21N3O5/c1-33-21-14-12-18(13-15-21)24-22(16-29(28-24)20-10-6-3-7-11-20)26(32)34-17-23(30)27-25(31)19-8-4-2-5-9-19/h2-16H,17H2,1H3,(H,27,30,31). The van der Waals surface area contributed by atoms with Gasteiger partial charge in [0.05, 0.1) is 12.8 Å². The highest BCUT2D eigenvalue weighted by Crippen LogP contribution is 2.26. The van der Waals surface area contributed by atoms with Gasteiger partial charge in [-0.05, 0) is 48.5 Å². The van der Waals surface area contributed by atoms with Crippen molar-refractivity contribution in [3.8, 4) is 22.7 Å². The normalized spacial score (nSPS) is 10.4. The topological polar surface area (TPSA) is 99.5 Å². The molecule has 8 nitrogen and oxygen atoms in total. The number of ether oxygens (including phenoxy) is 2. The molecular formula is C26H21N3O5. The number of carbonyl (C=O) groups is 3. The van der Waals surface area contributed by atoms with Gasteiger partial charge in [-0.1, -0.05) is 36.4 Å². The van der Waals surface area contributed by atoms with E-state index in [0.29, 0.717) is 22.6 Å². The van der Waals surface area contributed by atoms with Crippen LogP contribution >= 0.6 is 0 Å². The summed E-state index contributed by atoms with van der Waals surface area (Å²) in [5, 5.41) is 6.77. The Bertz CT molecular complexity index is 1300. The van der Waals surface area contributed by atoms with Crippen molar-refractivity contribution < 1.29 is 23.9 Å². The summed E-state index contributed by atoms with van der Waals surface area (Å²) in [4.78, 5) is 37.2. The van der Waals surface area contributed by atoms with Crippen molar-refractivity contribution >= 4 is 17.8 Å². The first-order valence-electron chi connectivity index (χ1n) is 10.4. The minimum absolute atomic E-state index is 0.177. The minimum atomic E-state index is -0.740. The zero-order valence-corrected chi connectivity index (χ0v) is 18.3. The summed E-state index contributed by atoms with van der Waals surface area (Å²) in [5.74, 6) is -1.38. The summed E-state index contributed by atoms with van der Waals surface area (Å²) < 4.78 is 12.0. The van der Waals surface area contributed by atoms with Crippen LogP contribution in [-0.2, 0) is 9.53 Å². The Morgan fingerprint density at radius 1 is 0.882 bits per heavy atom. The highest BCUT2D eigenvalue weighted by molar-refractivity contribution is 6.05. The molecule has 34 heavy (non-hydrogen) atoms. The van der Waals surface area contributed by atoms with Gasteiger partial charge in [0.15, 0.2) is 6.61 Å². The van der Waals surface area contributed by atoms with Gasteiger partial charge in [0.1, 0.15) is 17.0 Å². The van der Waals surface area contributed by atoms with Crippen LogP contribution in [-0.4, -0.2) is 41.3 Å². The predicted molar refractivity (Wildman–Crippen MR) is 125 cm³/mol. The number of carbonyl (C=O) groups excluding carboxylic acids is 3. The molecule has 1 heterocycles. The predicted octanol–water partition coefficient (Wildman–Crippen LogP) is 3.66. The smallest absolute Gasteiger partial charge is 0.342 e. The van der Waals surface area contributed by atoms with Crippen molar-refractivity contribution in [2.75, 3.05) is 13.7 Å². The molecule has 2 amide bonds. The van der Waals surface area contributed by atoms with Gasteiger partial charge in [-0.2, -0.15) is 5.10 Å². The Morgan fingerprint density at radius 3 is 2.18 bits per heavy atom. The van der Waals surface area contributed by atoms with E-state index in [1.807, 2.05) is 30.3 Å². The van der Waals surface area contributed by atoms with Gasteiger partial charge in [0.25, 0.3) is 11.8 Å². The lowest BCUT2D eigenvalue weighted by Gasteiger charge is -2.06. The number of benzene rings is 3. The first-order chi connectivity index (χ1) is 16.5. The summed E-state index contributed by atoms with van der Waals surface area (Å²) >= 11 is 0. The van der Waals surface area contributed by atoms with Gasteiger partial charge in [-0.3, -0.25) is 14.9 Å². The van der Waals surface area contributed by atoms with Crippen molar-refractivity contribution in [2.24, 2.45) is 0 Å². The number of methoxy groups -OCH3 is 1. The van der Waals surface area contributed by atoms with E-state index in [0.717, 1.165) is 5.69 Å². The van der Waals surface area contributed by atoms with Crippen LogP contribution < -0.4 is 10.1 Å². The molecule has 0 aliphatic carbocycles. The van der Waals surface area contributed by atoms with Gasteiger partial charge in [0, 0.05) is 17.3 Å². The summed E-state index contributed by atoms with van der Waals surface area (Å²) in [6.07, 6.45) is 1.55. The van der Waals surface area contributed by atoms with Crippen LogP contribution in [0.2, 0.25) is 0 Å². The number of nitrogens with zero attached hydrogens (tertiary/aromatic N) is 2. The minimum Gasteiger partial charge on any atom is -0.497 e. The lowest BCUT2D eigenvalue weighted by Crippen LogP contribution is -2.34. The van der Waals surface area contributed by atoms with Crippen LogP contribution in [0.25, 0.3) is 16.9 Å². The van der Waals surface area contributed by atoms with E-state index in [1.165, 1.54) is 0 Å². The fourth-order valence-corrected chi connectivity index (χ4v) is 3.23. The number of para-hydroxylation sites is 1. The van der Waals surface area contributed by atoms with Crippen LogP contribution in [0.5, 0.6) is 5.75 Å². The molecule has 0 spiro atoms. The average molecular weight is 455 g/mol. The van der Waals surface area contributed by atoms with Crippen LogP contribution in [0.1, 0.15) is 20.7 Å². The maximum atomic E-state index is 12.9. The van der Waals surface area contributed by atoms with Crippen LogP contribution in [0.3, 0.4) is 0 Å². The quantitative estimate of drug-likeness (QED) is 0.427. The molecule has 0 saturated heterocycles. The Kier molecular flexibility index (Phi) is 6.78. The maximum Gasteiger partial charge on any atom is 0.342 e. The van der Waals surface area contributed by atoms with Crippen molar-refractivity contribution in [1.29, 1.82) is 0 Å². The second-order valence-corrected chi connectivity index (χ2v) is 7.22. The van der Waals surface area contributed by atoms with Crippen LogP contribution in [0.15, 0.2) is 91.1 Å². The summed E-state index contributed by atoms with van der Waals surface area (Å²) in [6.45, 7) is -0.615. The maximum absolute atomic E-state index is 12.9. The van der Waals surface area contributed by atoms with Crippen LogP contribution in [0.4, 0.5) is 0 Å². The fourth-order valence-electron chi connectivity index (χ4n) is 3.23. The highest BCUT2D eigenvalue weighted by Gasteiger charge is 2.21. The van der Waals surface area contributed by atoms with E-state index >= 15 is 0 Å². The van der Waals surface area contributed by atoms with Crippen LogP contribution in [0, 0.1) is 0 Å². The molecule has 3 aromatic carbocycles. The number of aromatic nitrogens is 2. The lowest BCUT2D eigenvalue weighted by molar-refractivity contribution is -0.123. The molecule has 170 valence electrons. The van der Waals surface area contributed by atoms with Crippen molar-refractivity contribution in [1.82, 2.24) is 15.1 Å². The number of nitrogens with one attached hydrogen (secondary N) is 1. The Morgan fingerprint density at radius 2 is 1.53 bits per heavy atom. The van der Waals surface area contributed by atoms with E-state index in [2.05, 4.69) is 10.4 Å². The van der Waals surface area contributed by atoms with Gasteiger partial charge >= 0.3 is 5.97 Å². The summed E-state index contributed by atoms with van der Waals surface area (Å²) in [6, 6.07) is 24.6. The van der Waals surface area contributed by atoms with Gasteiger partial charge in [-0.25, -0.2) is 9.48 Å². The third-order valence-corrected chi connectivity index (χ3v) is 4.94. The Balaban J connectivity index is 1.53. The molecule has 1 aromatic heterocycles.